The zero-order valence-electron chi connectivity index (χ0n) is 9.42. The highest BCUT2D eigenvalue weighted by Gasteiger charge is 2.14. The van der Waals surface area contributed by atoms with Gasteiger partial charge in [0, 0.05) is 5.69 Å². The maximum absolute atomic E-state index is 13.4. The number of carbonyl (C=O) groups excluding carboxylic acids is 1. The second kappa shape index (κ2) is 4.77. The lowest BCUT2D eigenvalue weighted by molar-refractivity contribution is 0.102. The predicted molar refractivity (Wildman–Crippen MR) is 69.8 cm³/mol. The SMILES string of the molecule is Cc1cc(Br)c(F)cc1NC(=O)c1cn[nH]c1N. The van der Waals surface area contributed by atoms with Crippen molar-refractivity contribution in [3.8, 4) is 0 Å². The van der Waals surface area contributed by atoms with Crippen LogP contribution in [0.2, 0.25) is 0 Å². The Morgan fingerprint density at radius 3 is 2.89 bits per heavy atom. The van der Waals surface area contributed by atoms with Gasteiger partial charge in [0.2, 0.25) is 0 Å². The molecule has 0 atom stereocenters. The van der Waals surface area contributed by atoms with Gasteiger partial charge in [-0.25, -0.2) is 4.39 Å². The Hall–Kier alpha value is -1.89. The minimum atomic E-state index is -0.448. The highest BCUT2D eigenvalue weighted by molar-refractivity contribution is 9.10. The molecule has 4 N–H and O–H groups in total. The fourth-order valence-electron chi connectivity index (χ4n) is 1.45. The minimum Gasteiger partial charge on any atom is -0.383 e. The Kier molecular flexibility index (Phi) is 3.33. The van der Waals surface area contributed by atoms with E-state index in [0.29, 0.717) is 10.2 Å². The number of aryl methyl sites for hydroxylation is 1. The number of amides is 1. The van der Waals surface area contributed by atoms with E-state index in [1.165, 1.54) is 12.3 Å². The number of aromatic amines is 1. The number of nitrogens with zero attached hydrogens (tertiary/aromatic N) is 1. The van der Waals surface area contributed by atoms with Crippen molar-refractivity contribution in [3.05, 3.63) is 39.7 Å². The van der Waals surface area contributed by atoms with E-state index in [1.807, 2.05) is 0 Å². The maximum Gasteiger partial charge on any atom is 0.261 e. The average molecular weight is 313 g/mol. The van der Waals surface area contributed by atoms with E-state index in [9.17, 15) is 9.18 Å². The molecule has 1 aromatic carbocycles. The lowest BCUT2D eigenvalue weighted by Gasteiger charge is -2.08. The first-order chi connectivity index (χ1) is 8.49. The number of aromatic nitrogens is 2. The Balaban J connectivity index is 2.28. The average Bonchev–Trinajstić information content (AvgIpc) is 2.72. The molecule has 0 bridgehead atoms. The lowest BCUT2D eigenvalue weighted by Crippen LogP contribution is -2.14. The smallest absolute Gasteiger partial charge is 0.261 e. The van der Waals surface area contributed by atoms with Gasteiger partial charge in [-0.1, -0.05) is 0 Å². The lowest BCUT2D eigenvalue weighted by atomic mass is 10.2. The molecular formula is C11H10BrFN4O. The molecule has 0 saturated carbocycles. The molecule has 0 spiro atoms. The van der Waals surface area contributed by atoms with Gasteiger partial charge in [-0.3, -0.25) is 9.89 Å². The van der Waals surface area contributed by atoms with Crippen molar-refractivity contribution in [2.45, 2.75) is 6.92 Å². The van der Waals surface area contributed by atoms with Crippen LogP contribution in [0.15, 0.2) is 22.8 Å². The highest BCUT2D eigenvalue weighted by atomic mass is 79.9. The Morgan fingerprint density at radius 1 is 1.56 bits per heavy atom. The van der Waals surface area contributed by atoms with Crippen LogP contribution in [0.1, 0.15) is 15.9 Å². The predicted octanol–water partition coefficient (Wildman–Crippen LogP) is 2.45. The van der Waals surface area contributed by atoms with Crippen LogP contribution in [0.25, 0.3) is 0 Å². The summed E-state index contributed by atoms with van der Waals surface area (Å²) in [4.78, 5) is 11.9. The van der Waals surface area contributed by atoms with Crippen LogP contribution in [0.3, 0.4) is 0 Å². The number of hydrogen-bond acceptors (Lipinski definition) is 3. The molecule has 94 valence electrons. The summed E-state index contributed by atoms with van der Waals surface area (Å²) in [5.74, 6) is -0.718. The number of benzene rings is 1. The number of H-pyrrole nitrogens is 1. The number of nitrogens with one attached hydrogen (secondary N) is 2. The largest absolute Gasteiger partial charge is 0.383 e. The van der Waals surface area contributed by atoms with Crippen LogP contribution in [0.4, 0.5) is 15.9 Å². The van der Waals surface area contributed by atoms with Crippen molar-refractivity contribution >= 4 is 33.3 Å². The molecular weight excluding hydrogens is 303 g/mol. The Morgan fingerprint density at radius 2 is 2.28 bits per heavy atom. The highest BCUT2D eigenvalue weighted by Crippen LogP contribution is 2.24. The van der Waals surface area contributed by atoms with Gasteiger partial charge in [0.25, 0.3) is 5.91 Å². The van der Waals surface area contributed by atoms with E-state index in [0.717, 1.165) is 5.56 Å². The number of anilines is 2. The number of halogens is 2. The first-order valence-electron chi connectivity index (χ1n) is 5.05. The second-order valence-corrected chi connectivity index (χ2v) is 4.59. The third kappa shape index (κ3) is 2.35. The van der Waals surface area contributed by atoms with Gasteiger partial charge in [0.1, 0.15) is 17.2 Å². The monoisotopic (exact) mass is 312 g/mol. The summed E-state index contributed by atoms with van der Waals surface area (Å²) >= 11 is 3.07. The van der Waals surface area contributed by atoms with Crippen LogP contribution in [-0.2, 0) is 0 Å². The van der Waals surface area contributed by atoms with Crippen molar-refractivity contribution in [1.29, 1.82) is 0 Å². The van der Waals surface area contributed by atoms with Crippen LogP contribution in [0.5, 0.6) is 0 Å². The summed E-state index contributed by atoms with van der Waals surface area (Å²) < 4.78 is 13.7. The Bertz CT molecular complexity index is 611. The zero-order chi connectivity index (χ0) is 13.3. The molecule has 0 aliphatic carbocycles. The first-order valence-corrected chi connectivity index (χ1v) is 5.84. The van der Waals surface area contributed by atoms with Crippen molar-refractivity contribution in [2.75, 3.05) is 11.1 Å². The summed E-state index contributed by atoms with van der Waals surface area (Å²) in [6.45, 7) is 1.76. The van der Waals surface area contributed by atoms with Crippen LogP contribution < -0.4 is 11.1 Å². The summed E-state index contributed by atoms with van der Waals surface area (Å²) in [6.07, 6.45) is 1.31. The third-order valence-electron chi connectivity index (χ3n) is 2.43. The zero-order valence-corrected chi connectivity index (χ0v) is 11.0. The molecule has 0 aliphatic heterocycles. The fraction of sp³-hybridized carbons (Fsp3) is 0.0909. The minimum absolute atomic E-state index is 0.169. The second-order valence-electron chi connectivity index (χ2n) is 3.73. The van der Waals surface area contributed by atoms with Crippen LogP contribution >= 0.6 is 15.9 Å². The van der Waals surface area contributed by atoms with E-state index in [-0.39, 0.29) is 11.4 Å². The third-order valence-corrected chi connectivity index (χ3v) is 3.04. The van der Waals surface area contributed by atoms with Crippen LogP contribution in [-0.4, -0.2) is 16.1 Å². The molecule has 0 unspecified atom stereocenters. The van der Waals surface area contributed by atoms with Crippen molar-refractivity contribution < 1.29 is 9.18 Å². The molecule has 1 heterocycles. The number of rotatable bonds is 2. The van der Waals surface area contributed by atoms with Gasteiger partial charge < -0.3 is 11.1 Å². The molecule has 18 heavy (non-hydrogen) atoms. The quantitative estimate of drug-likeness (QED) is 0.796. The van der Waals surface area contributed by atoms with Gasteiger partial charge in [-0.2, -0.15) is 5.10 Å². The molecule has 1 amide bonds. The topological polar surface area (TPSA) is 83.8 Å². The summed E-state index contributed by atoms with van der Waals surface area (Å²) in [7, 11) is 0. The summed E-state index contributed by atoms with van der Waals surface area (Å²) in [6, 6.07) is 2.83. The van der Waals surface area contributed by atoms with Crippen molar-refractivity contribution in [2.24, 2.45) is 0 Å². The van der Waals surface area contributed by atoms with E-state index in [1.54, 1.807) is 13.0 Å². The molecule has 2 aromatic rings. The number of nitrogen functional groups attached to an aromatic ring is 1. The first kappa shape index (κ1) is 12.6. The number of hydrogen-bond donors (Lipinski definition) is 3. The number of carbonyl (C=O) groups is 1. The van der Waals surface area contributed by atoms with E-state index < -0.39 is 11.7 Å². The standard InChI is InChI=1S/C11H10BrFN4O/c1-5-2-7(12)8(13)3-9(5)16-11(18)6-4-15-17-10(6)14/h2-4H,1H3,(H,16,18)(H3,14,15,17). The molecule has 7 heteroatoms. The normalized spacial score (nSPS) is 10.4. The van der Waals surface area contributed by atoms with Gasteiger partial charge in [0.15, 0.2) is 0 Å². The molecule has 2 rings (SSSR count). The maximum atomic E-state index is 13.4. The van der Waals surface area contributed by atoms with Gasteiger partial charge >= 0.3 is 0 Å². The van der Waals surface area contributed by atoms with E-state index in [4.69, 9.17) is 5.73 Å². The molecule has 1 aromatic heterocycles. The molecule has 0 radical (unpaired) electrons. The number of nitrogens with two attached hydrogens (primary N) is 1. The Labute approximate surface area is 111 Å². The van der Waals surface area contributed by atoms with Crippen LogP contribution in [0, 0.1) is 12.7 Å². The van der Waals surface area contributed by atoms with E-state index >= 15 is 0 Å². The molecule has 0 fully saturated rings. The van der Waals surface area contributed by atoms with Gasteiger partial charge in [-0.15, -0.1) is 0 Å². The van der Waals surface area contributed by atoms with Crippen molar-refractivity contribution in [3.63, 3.8) is 0 Å². The van der Waals surface area contributed by atoms with Gasteiger partial charge in [0.05, 0.1) is 10.7 Å². The molecule has 0 aliphatic rings. The molecule has 0 saturated heterocycles. The summed E-state index contributed by atoms with van der Waals surface area (Å²) in [5.41, 5.74) is 6.87. The van der Waals surface area contributed by atoms with Crippen molar-refractivity contribution in [1.82, 2.24) is 10.2 Å². The van der Waals surface area contributed by atoms with E-state index in [2.05, 4.69) is 31.4 Å². The fourth-order valence-corrected chi connectivity index (χ4v) is 1.91. The van der Waals surface area contributed by atoms with Gasteiger partial charge in [-0.05, 0) is 40.5 Å². The summed E-state index contributed by atoms with van der Waals surface area (Å²) in [5, 5.41) is 8.68. The molecule has 5 nitrogen and oxygen atoms in total.